The lowest BCUT2D eigenvalue weighted by molar-refractivity contribution is 0.0989. The lowest BCUT2D eigenvalue weighted by Crippen LogP contribution is -2.31. The molecule has 29 heavy (non-hydrogen) atoms. The van der Waals surface area contributed by atoms with Crippen LogP contribution < -0.4 is 15.5 Å². The summed E-state index contributed by atoms with van der Waals surface area (Å²) in [4.78, 5) is 22.6. The number of hydrogen-bond donors (Lipinski definition) is 1. The fourth-order valence-electron chi connectivity index (χ4n) is 4.15. The SMILES string of the molecule is N#Cc1c(N)sc2c1CCN(c1ccc(C(=O)N3CCc4ccccc43)cn1)C2. The number of benzene rings is 1. The van der Waals surface area contributed by atoms with Crippen LogP contribution in [0, 0.1) is 11.3 Å². The van der Waals surface area contributed by atoms with E-state index in [-0.39, 0.29) is 5.91 Å². The molecule has 0 aliphatic carbocycles. The van der Waals surface area contributed by atoms with Gasteiger partial charge in [-0.15, -0.1) is 11.3 Å². The van der Waals surface area contributed by atoms with E-state index in [9.17, 15) is 10.1 Å². The molecular formula is C22H19N5OS. The van der Waals surface area contributed by atoms with Crippen LogP contribution in [0.3, 0.4) is 0 Å². The van der Waals surface area contributed by atoms with Gasteiger partial charge in [-0.3, -0.25) is 4.79 Å². The van der Waals surface area contributed by atoms with Gasteiger partial charge in [0.05, 0.1) is 17.7 Å². The molecule has 0 atom stereocenters. The quantitative estimate of drug-likeness (QED) is 0.712. The molecule has 0 saturated heterocycles. The molecule has 1 amide bonds. The van der Waals surface area contributed by atoms with Gasteiger partial charge in [0.15, 0.2) is 0 Å². The molecule has 6 nitrogen and oxygen atoms in total. The number of carbonyl (C=O) groups excluding carboxylic acids is 1. The van der Waals surface area contributed by atoms with Gasteiger partial charge in [-0.05, 0) is 42.2 Å². The number of thiophene rings is 1. The number of anilines is 3. The molecule has 4 heterocycles. The Labute approximate surface area is 172 Å². The smallest absolute Gasteiger partial charge is 0.259 e. The van der Waals surface area contributed by atoms with Gasteiger partial charge in [-0.2, -0.15) is 5.26 Å². The average molecular weight is 401 g/mol. The molecule has 2 N–H and O–H groups in total. The summed E-state index contributed by atoms with van der Waals surface area (Å²) < 4.78 is 0. The summed E-state index contributed by atoms with van der Waals surface area (Å²) in [6.45, 7) is 2.17. The largest absolute Gasteiger partial charge is 0.389 e. The molecule has 0 spiro atoms. The number of nitrogen functional groups attached to an aromatic ring is 1. The Bertz CT molecular complexity index is 1140. The monoisotopic (exact) mass is 401 g/mol. The normalized spacial score (nSPS) is 15.0. The zero-order valence-corrected chi connectivity index (χ0v) is 16.6. The molecule has 0 fully saturated rings. The highest BCUT2D eigenvalue weighted by atomic mass is 32.1. The number of para-hydroxylation sites is 1. The van der Waals surface area contributed by atoms with Gasteiger partial charge in [-0.1, -0.05) is 18.2 Å². The predicted octanol–water partition coefficient (Wildman–Crippen LogP) is 3.36. The lowest BCUT2D eigenvalue weighted by atomic mass is 10.0. The van der Waals surface area contributed by atoms with E-state index >= 15 is 0 Å². The first-order chi connectivity index (χ1) is 14.2. The minimum absolute atomic E-state index is 0.0142. The van der Waals surface area contributed by atoms with Crippen molar-refractivity contribution in [3.63, 3.8) is 0 Å². The molecule has 5 rings (SSSR count). The van der Waals surface area contributed by atoms with Crippen molar-refractivity contribution in [1.82, 2.24) is 4.98 Å². The van der Waals surface area contributed by atoms with Crippen molar-refractivity contribution in [2.75, 3.05) is 28.6 Å². The summed E-state index contributed by atoms with van der Waals surface area (Å²) >= 11 is 1.48. The van der Waals surface area contributed by atoms with Crippen molar-refractivity contribution in [3.8, 4) is 6.07 Å². The van der Waals surface area contributed by atoms with E-state index in [0.717, 1.165) is 41.3 Å². The second-order valence-electron chi connectivity index (χ2n) is 7.27. The van der Waals surface area contributed by atoms with Crippen molar-refractivity contribution in [2.45, 2.75) is 19.4 Å². The minimum Gasteiger partial charge on any atom is -0.389 e. The number of nitrogens with two attached hydrogens (primary N) is 1. The molecule has 0 bridgehead atoms. The molecular weight excluding hydrogens is 382 g/mol. The molecule has 3 aromatic rings. The first kappa shape index (κ1) is 17.7. The van der Waals surface area contributed by atoms with Crippen LogP contribution in [0.15, 0.2) is 42.6 Å². The third-order valence-corrected chi connectivity index (χ3v) is 6.69. The van der Waals surface area contributed by atoms with Crippen LogP contribution in [-0.4, -0.2) is 24.0 Å². The van der Waals surface area contributed by atoms with Crippen LogP contribution in [0.4, 0.5) is 16.5 Å². The molecule has 2 aliphatic rings. The van der Waals surface area contributed by atoms with Crippen LogP contribution in [0.25, 0.3) is 0 Å². The maximum atomic E-state index is 13.0. The fourth-order valence-corrected chi connectivity index (χ4v) is 5.23. The number of pyridine rings is 1. The van der Waals surface area contributed by atoms with Gasteiger partial charge in [0.1, 0.15) is 16.9 Å². The number of aromatic nitrogens is 1. The molecule has 7 heteroatoms. The van der Waals surface area contributed by atoms with Crippen LogP contribution >= 0.6 is 11.3 Å². The summed E-state index contributed by atoms with van der Waals surface area (Å²) in [5.41, 5.74) is 10.5. The second kappa shape index (κ2) is 6.90. The van der Waals surface area contributed by atoms with E-state index in [2.05, 4.69) is 22.0 Å². The van der Waals surface area contributed by atoms with E-state index < -0.39 is 0 Å². The molecule has 0 radical (unpaired) electrons. The summed E-state index contributed by atoms with van der Waals surface area (Å²) in [7, 11) is 0. The van der Waals surface area contributed by atoms with Crippen molar-refractivity contribution < 1.29 is 4.79 Å². The topological polar surface area (TPSA) is 86.2 Å². The summed E-state index contributed by atoms with van der Waals surface area (Å²) in [6.07, 6.45) is 3.33. The number of nitriles is 1. The summed E-state index contributed by atoms with van der Waals surface area (Å²) in [5.74, 6) is 0.819. The molecule has 2 aliphatic heterocycles. The van der Waals surface area contributed by atoms with Gasteiger partial charge in [0.25, 0.3) is 5.91 Å². The van der Waals surface area contributed by atoms with Crippen molar-refractivity contribution in [1.29, 1.82) is 5.26 Å². The van der Waals surface area contributed by atoms with Crippen LogP contribution in [0.5, 0.6) is 0 Å². The zero-order chi connectivity index (χ0) is 20.0. The molecule has 0 saturated carbocycles. The van der Waals surface area contributed by atoms with Crippen LogP contribution in [0.2, 0.25) is 0 Å². The lowest BCUT2D eigenvalue weighted by Gasteiger charge is -2.28. The third kappa shape index (κ3) is 2.93. The highest BCUT2D eigenvalue weighted by Crippen LogP contribution is 2.35. The van der Waals surface area contributed by atoms with E-state index in [1.165, 1.54) is 16.9 Å². The first-order valence-electron chi connectivity index (χ1n) is 9.56. The molecule has 0 unspecified atom stereocenters. The Morgan fingerprint density at radius 2 is 2.03 bits per heavy atom. The highest BCUT2D eigenvalue weighted by Gasteiger charge is 2.27. The van der Waals surface area contributed by atoms with Crippen LogP contribution in [0.1, 0.15) is 31.9 Å². The maximum Gasteiger partial charge on any atom is 0.259 e. The molecule has 144 valence electrons. The third-order valence-electron chi connectivity index (χ3n) is 5.65. The first-order valence-corrected chi connectivity index (χ1v) is 10.4. The second-order valence-corrected chi connectivity index (χ2v) is 8.40. The standard InChI is InChI=1S/C22H19N5OS/c23-11-17-16-8-9-26(13-19(16)29-21(17)24)20-6-5-15(12-25-20)22(28)27-10-7-14-3-1-2-4-18(14)27/h1-6,12H,7-10,13,24H2. The Morgan fingerprint density at radius 3 is 2.83 bits per heavy atom. The average Bonchev–Trinajstić information content (AvgIpc) is 3.32. The van der Waals surface area contributed by atoms with Gasteiger partial charge in [0.2, 0.25) is 0 Å². The van der Waals surface area contributed by atoms with Crippen molar-refractivity contribution in [3.05, 3.63) is 69.7 Å². The van der Waals surface area contributed by atoms with E-state index in [1.54, 1.807) is 6.20 Å². The van der Waals surface area contributed by atoms with Gasteiger partial charge >= 0.3 is 0 Å². The summed E-state index contributed by atoms with van der Waals surface area (Å²) in [6, 6.07) is 14.0. The number of fused-ring (bicyclic) bond motifs is 2. The fraction of sp³-hybridized carbons (Fsp3) is 0.227. The van der Waals surface area contributed by atoms with Gasteiger partial charge < -0.3 is 15.5 Å². The van der Waals surface area contributed by atoms with E-state index in [1.807, 2.05) is 35.2 Å². The molecule has 1 aromatic carbocycles. The summed E-state index contributed by atoms with van der Waals surface area (Å²) in [5, 5.41) is 9.89. The Hall–Kier alpha value is -3.37. The highest BCUT2D eigenvalue weighted by molar-refractivity contribution is 7.16. The number of nitrogens with zero attached hydrogens (tertiary/aromatic N) is 4. The molecule has 2 aromatic heterocycles. The van der Waals surface area contributed by atoms with Crippen molar-refractivity contribution in [2.24, 2.45) is 0 Å². The van der Waals surface area contributed by atoms with Gasteiger partial charge in [0, 0.05) is 29.9 Å². The Balaban J connectivity index is 1.35. The maximum absolute atomic E-state index is 13.0. The van der Waals surface area contributed by atoms with Crippen molar-refractivity contribution >= 4 is 33.8 Å². The van der Waals surface area contributed by atoms with Crippen LogP contribution in [-0.2, 0) is 19.4 Å². The minimum atomic E-state index is -0.0142. The van der Waals surface area contributed by atoms with Gasteiger partial charge in [-0.25, -0.2) is 4.98 Å². The number of carbonyl (C=O) groups is 1. The van der Waals surface area contributed by atoms with E-state index in [4.69, 9.17) is 5.73 Å². The zero-order valence-electron chi connectivity index (χ0n) is 15.8. The predicted molar refractivity (Wildman–Crippen MR) is 114 cm³/mol. The Morgan fingerprint density at radius 1 is 1.17 bits per heavy atom. The van der Waals surface area contributed by atoms with E-state index in [0.29, 0.717) is 29.2 Å². The number of amides is 1. The number of hydrogen-bond acceptors (Lipinski definition) is 6. The number of rotatable bonds is 2. The Kier molecular flexibility index (Phi) is 4.22.